The van der Waals surface area contributed by atoms with E-state index < -0.39 is 6.10 Å². The van der Waals surface area contributed by atoms with E-state index in [0.717, 1.165) is 29.7 Å². The topological polar surface area (TPSA) is 58.6 Å². The summed E-state index contributed by atoms with van der Waals surface area (Å²) in [6.45, 7) is 0.210. The van der Waals surface area contributed by atoms with Crippen LogP contribution in [0.2, 0.25) is 0 Å². The van der Waals surface area contributed by atoms with Crippen molar-refractivity contribution in [3.8, 4) is 5.75 Å². The van der Waals surface area contributed by atoms with Crippen molar-refractivity contribution in [1.82, 2.24) is 5.32 Å². The van der Waals surface area contributed by atoms with E-state index in [1.807, 2.05) is 42.5 Å². The molecule has 2 atom stereocenters. The smallest absolute Gasteiger partial charge is 0.227 e. The summed E-state index contributed by atoms with van der Waals surface area (Å²) in [7, 11) is 1.60. The van der Waals surface area contributed by atoms with Crippen molar-refractivity contribution < 1.29 is 14.6 Å². The van der Waals surface area contributed by atoms with Gasteiger partial charge in [-0.25, -0.2) is 0 Å². The summed E-state index contributed by atoms with van der Waals surface area (Å²) in [5.74, 6) is 1.05. The molecule has 0 radical (unpaired) electrons. The summed E-state index contributed by atoms with van der Waals surface area (Å²) in [6, 6.07) is 17.1. The molecule has 2 aromatic carbocycles. The minimum atomic E-state index is -0.726. The number of aliphatic hydroxyl groups is 1. The van der Waals surface area contributed by atoms with Crippen LogP contribution in [0.1, 0.15) is 36.0 Å². The van der Waals surface area contributed by atoms with E-state index in [0.29, 0.717) is 5.92 Å². The molecule has 1 saturated carbocycles. The molecule has 1 fully saturated rings. The first-order chi connectivity index (χ1) is 11.7. The Balaban J connectivity index is 1.61. The van der Waals surface area contributed by atoms with Crippen LogP contribution in [0.25, 0.3) is 0 Å². The molecule has 2 unspecified atom stereocenters. The Morgan fingerprint density at radius 2 is 1.79 bits per heavy atom. The molecule has 1 aliphatic carbocycles. The van der Waals surface area contributed by atoms with Gasteiger partial charge in [-0.3, -0.25) is 4.79 Å². The third-order valence-corrected chi connectivity index (χ3v) is 4.50. The highest BCUT2D eigenvalue weighted by atomic mass is 16.5. The van der Waals surface area contributed by atoms with E-state index in [1.165, 1.54) is 0 Å². The molecule has 2 aromatic rings. The minimum Gasteiger partial charge on any atom is -0.497 e. The van der Waals surface area contributed by atoms with Crippen molar-refractivity contribution in [2.75, 3.05) is 13.7 Å². The lowest BCUT2D eigenvalue weighted by molar-refractivity contribution is -0.123. The number of amides is 1. The van der Waals surface area contributed by atoms with Gasteiger partial charge in [0.15, 0.2) is 0 Å². The zero-order chi connectivity index (χ0) is 16.9. The van der Waals surface area contributed by atoms with E-state index >= 15 is 0 Å². The van der Waals surface area contributed by atoms with Crippen LogP contribution in [0.15, 0.2) is 54.6 Å². The zero-order valence-electron chi connectivity index (χ0n) is 13.8. The molecule has 4 heteroatoms. The van der Waals surface area contributed by atoms with Gasteiger partial charge in [-0.15, -0.1) is 0 Å². The number of rotatable bonds is 7. The predicted octanol–water partition coefficient (Wildman–Crippen LogP) is 3.04. The number of hydrogen-bond donors (Lipinski definition) is 2. The lowest BCUT2D eigenvalue weighted by Crippen LogP contribution is -2.33. The summed E-state index contributed by atoms with van der Waals surface area (Å²) >= 11 is 0. The number of benzene rings is 2. The van der Waals surface area contributed by atoms with Gasteiger partial charge in [0.2, 0.25) is 5.91 Å². The first-order valence-corrected chi connectivity index (χ1v) is 8.33. The fourth-order valence-corrected chi connectivity index (χ4v) is 2.98. The average molecular weight is 325 g/mol. The molecule has 0 aromatic heterocycles. The maximum atomic E-state index is 12.6. The van der Waals surface area contributed by atoms with Gasteiger partial charge in [-0.05, 0) is 42.0 Å². The van der Waals surface area contributed by atoms with Gasteiger partial charge in [-0.2, -0.15) is 0 Å². The number of carbonyl (C=O) groups excluding carboxylic acids is 1. The van der Waals surface area contributed by atoms with Crippen LogP contribution < -0.4 is 10.1 Å². The van der Waals surface area contributed by atoms with Crippen molar-refractivity contribution in [1.29, 1.82) is 0 Å². The van der Waals surface area contributed by atoms with Crippen LogP contribution in [0.4, 0.5) is 0 Å². The minimum absolute atomic E-state index is 0.00346. The van der Waals surface area contributed by atoms with Gasteiger partial charge >= 0.3 is 0 Å². The molecule has 0 heterocycles. The second-order valence-corrected chi connectivity index (χ2v) is 6.26. The number of aliphatic hydroxyl groups excluding tert-OH is 1. The number of carbonyl (C=O) groups is 1. The summed E-state index contributed by atoms with van der Waals surface area (Å²) < 4.78 is 5.11. The van der Waals surface area contributed by atoms with Crippen molar-refractivity contribution in [2.24, 2.45) is 5.92 Å². The fraction of sp³-hybridized carbons (Fsp3) is 0.350. The number of ether oxygens (including phenoxy) is 1. The second kappa shape index (κ2) is 7.49. The average Bonchev–Trinajstić information content (AvgIpc) is 3.46. The summed E-state index contributed by atoms with van der Waals surface area (Å²) in [5.41, 5.74) is 1.82. The molecule has 0 spiro atoms. The Morgan fingerprint density at radius 1 is 1.12 bits per heavy atom. The van der Waals surface area contributed by atoms with Gasteiger partial charge in [0.05, 0.1) is 19.1 Å². The van der Waals surface area contributed by atoms with Crippen molar-refractivity contribution >= 4 is 5.91 Å². The van der Waals surface area contributed by atoms with E-state index in [1.54, 1.807) is 19.2 Å². The molecule has 126 valence electrons. The highest BCUT2D eigenvalue weighted by Gasteiger charge is 2.37. The Labute approximate surface area is 142 Å². The van der Waals surface area contributed by atoms with Gasteiger partial charge in [0.1, 0.15) is 5.75 Å². The van der Waals surface area contributed by atoms with Gasteiger partial charge in [-0.1, -0.05) is 42.5 Å². The number of hydrogen-bond acceptors (Lipinski definition) is 3. The highest BCUT2D eigenvalue weighted by molar-refractivity contribution is 5.84. The molecule has 3 rings (SSSR count). The highest BCUT2D eigenvalue weighted by Crippen LogP contribution is 2.42. The van der Waals surface area contributed by atoms with E-state index in [-0.39, 0.29) is 18.4 Å². The van der Waals surface area contributed by atoms with Gasteiger partial charge in [0.25, 0.3) is 0 Å². The van der Waals surface area contributed by atoms with Crippen LogP contribution in [0, 0.1) is 5.92 Å². The van der Waals surface area contributed by atoms with E-state index in [9.17, 15) is 9.90 Å². The van der Waals surface area contributed by atoms with Gasteiger partial charge < -0.3 is 15.2 Å². The Morgan fingerprint density at radius 3 is 2.38 bits per heavy atom. The van der Waals surface area contributed by atoms with Crippen molar-refractivity contribution in [3.05, 3.63) is 65.7 Å². The van der Waals surface area contributed by atoms with E-state index in [2.05, 4.69) is 5.32 Å². The quantitative estimate of drug-likeness (QED) is 0.822. The normalized spacial score (nSPS) is 16.2. The van der Waals surface area contributed by atoms with Crippen LogP contribution >= 0.6 is 0 Å². The van der Waals surface area contributed by atoms with E-state index in [4.69, 9.17) is 4.74 Å². The largest absolute Gasteiger partial charge is 0.497 e. The predicted molar refractivity (Wildman–Crippen MR) is 92.9 cm³/mol. The fourth-order valence-electron chi connectivity index (χ4n) is 2.98. The molecule has 0 saturated heterocycles. The Bertz CT molecular complexity index is 665. The SMILES string of the molecule is COc1ccc(C(O)CNC(=O)C(c2ccccc2)C2CC2)cc1. The molecule has 24 heavy (non-hydrogen) atoms. The van der Waals surface area contributed by atoms with Crippen molar-refractivity contribution in [3.63, 3.8) is 0 Å². The molecule has 4 nitrogen and oxygen atoms in total. The molecular weight excluding hydrogens is 302 g/mol. The maximum absolute atomic E-state index is 12.6. The molecule has 1 aliphatic rings. The van der Waals surface area contributed by atoms with Gasteiger partial charge in [0, 0.05) is 6.54 Å². The van der Waals surface area contributed by atoms with Crippen LogP contribution in [-0.4, -0.2) is 24.7 Å². The van der Waals surface area contributed by atoms with Crippen LogP contribution in [0.3, 0.4) is 0 Å². The number of methoxy groups -OCH3 is 1. The Kier molecular flexibility index (Phi) is 5.16. The first kappa shape index (κ1) is 16.5. The standard InChI is InChI=1S/C20H23NO3/c1-24-17-11-9-14(10-12-17)18(22)13-21-20(23)19(16-7-8-16)15-5-3-2-4-6-15/h2-6,9-12,16,18-19,22H,7-8,13H2,1H3,(H,21,23). The zero-order valence-corrected chi connectivity index (χ0v) is 13.8. The monoisotopic (exact) mass is 325 g/mol. The maximum Gasteiger partial charge on any atom is 0.227 e. The molecule has 2 N–H and O–H groups in total. The van der Waals surface area contributed by atoms with Crippen molar-refractivity contribution in [2.45, 2.75) is 24.9 Å². The lowest BCUT2D eigenvalue weighted by atomic mass is 9.93. The lowest BCUT2D eigenvalue weighted by Gasteiger charge is -2.19. The molecule has 1 amide bonds. The second-order valence-electron chi connectivity index (χ2n) is 6.26. The first-order valence-electron chi connectivity index (χ1n) is 8.33. The van der Waals surface area contributed by atoms with Crippen LogP contribution in [0.5, 0.6) is 5.75 Å². The summed E-state index contributed by atoms with van der Waals surface area (Å²) in [4.78, 5) is 12.6. The summed E-state index contributed by atoms with van der Waals surface area (Å²) in [5, 5.41) is 13.2. The molecule has 0 bridgehead atoms. The third-order valence-electron chi connectivity index (χ3n) is 4.50. The number of nitrogens with one attached hydrogen (secondary N) is 1. The molecule has 0 aliphatic heterocycles. The Hall–Kier alpha value is -2.33. The van der Waals surface area contributed by atoms with Crippen LogP contribution in [-0.2, 0) is 4.79 Å². The third kappa shape index (κ3) is 3.95. The molecular formula is C20H23NO3. The summed E-state index contributed by atoms with van der Waals surface area (Å²) in [6.07, 6.45) is 1.46.